The molecule has 3 rings (SSSR count). The van der Waals surface area contributed by atoms with Crippen LogP contribution in [0.5, 0.6) is 5.88 Å². The predicted molar refractivity (Wildman–Crippen MR) is 102 cm³/mol. The fourth-order valence-corrected chi connectivity index (χ4v) is 3.24. The summed E-state index contributed by atoms with van der Waals surface area (Å²) in [7, 11) is 0. The van der Waals surface area contributed by atoms with E-state index in [2.05, 4.69) is 9.97 Å². The quantitative estimate of drug-likeness (QED) is 0.738. The van der Waals surface area contributed by atoms with Gasteiger partial charge in [-0.2, -0.15) is 13.2 Å². The number of hydrogen-bond donors (Lipinski definition) is 0. The number of likely N-dealkylation sites (tertiary alicyclic amines) is 1. The first-order chi connectivity index (χ1) is 14.1. The summed E-state index contributed by atoms with van der Waals surface area (Å²) < 4.78 is 44.9. The number of aryl methyl sites for hydroxylation is 1. The summed E-state index contributed by atoms with van der Waals surface area (Å²) in [4.78, 5) is 34.0. The number of rotatable bonds is 5. The topological polar surface area (TPSA) is 77.3 Å². The van der Waals surface area contributed by atoms with Crippen LogP contribution in [-0.2, 0) is 17.5 Å². The molecule has 0 N–H and O–H groups in total. The average molecular weight is 424 g/mol. The van der Waals surface area contributed by atoms with Crippen LogP contribution in [0.2, 0.25) is 0 Å². The molecule has 2 aromatic rings. The summed E-state index contributed by atoms with van der Waals surface area (Å²) in [5.41, 5.74) is -0.0617. The number of alkyl halides is 3. The third-order valence-corrected chi connectivity index (χ3v) is 5.27. The SMILES string of the molecule is Cc1ncn(CC(=O)N2CCC(COc3cccc(C(F)(F)F)n3)CC2)c(=O)c1C. The van der Waals surface area contributed by atoms with E-state index in [4.69, 9.17) is 4.74 Å². The maximum absolute atomic E-state index is 12.7. The Bertz CT molecular complexity index is 966. The van der Waals surface area contributed by atoms with Crippen molar-refractivity contribution in [1.82, 2.24) is 19.4 Å². The van der Waals surface area contributed by atoms with Crippen molar-refractivity contribution in [2.45, 2.75) is 39.4 Å². The number of nitrogens with zero attached hydrogens (tertiary/aromatic N) is 4. The summed E-state index contributed by atoms with van der Waals surface area (Å²) in [5.74, 6) is -0.123. The Labute approximate surface area is 171 Å². The molecule has 162 valence electrons. The molecular formula is C20H23F3N4O3. The van der Waals surface area contributed by atoms with Gasteiger partial charge in [-0.05, 0) is 38.7 Å². The molecule has 0 bridgehead atoms. The molecule has 1 amide bonds. The monoisotopic (exact) mass is 424 g/mol. The van der Waals surface area contributed by atoms with E-state index in [0.717, 1.165) is 6.07 Å². The number of halogens is 3. The van der Waals surface area contributed by atoms with Gasteiger partial charge in [0, 0.05) is 30.4 Å². The van der Waals surface area contributed by atoms with Gasteiger partial charge in [0.2, 0.25) is 11.8 Å². The second-order valence-electron chi connectivity index (χ2n) is 7.38. The van der Waals surface area contributed by atoms with Crippen molar-refractivity contribution in [2.75, 3.05) is 19.7 Å². The molecule has 1 aliphatic heterocycles. The van der Waals surface area contributed by atoms with Gasteiger partial charge in [-0.15, -0.1) is 0 Å². The highest BCUT2D eigenvalue weighted by Crippen LogP contribution is 2.29. The van der Waals surface area contributed by atoms with E-state index in [1.807, 2.05) is 0 Å². The van der Waals surface area contributed by atoms with E-state index in [1.165, 1.54) is 23.0 Å². The van der Waals surface area contributed by atoms with Gasteiger partial charge in [0.1, 0.15) is 12.2 Å². The first kappa shape index (κ1) is 21.8. The van der Waals surface area contributed by atoms with Gasteiger partial charge < -0.3 is 9.64 Å². The molecule has 0 aliphatic carbocycles. The lowest BCUT2D eigenvalue weighted by Crippen LogP contribution is -2.42. The van der Waals surface area contributed by atoms with Crippen molar-refractivity contribution in [3.8, 4) is 5.88 Å². The van der Waals surface area contributed by atoms with E-state index >= 15 is 0 Å². The van der Waals surface area contributed by atoms with E-state index in [1.54, 1.807) is 18.7 Å². The van der Waals surface area contributed by atoms with Crippen LogP contribution in [0.15, 0.2) is 29.3 Å². The fraction of sp³-hybridized carbons (Fsp3) is 0.500. The molecule has 3 heterocycles. The van der Waals surface area contributed by atoms with Crippen molar-refractivity contribution in [1.29, 1.82) is 0 Å². The van der Waals surface area contributed by atoms with Gasteiger partial charge in [0.05, 0.1) is 12.9 Å². The van der Waals surface area contributed by atoms with Crippen LogP contribution in [0.4, 0.5) is 13.2 Å². The van der Waals surface area contributed by atoms with E-state index < -0.39 is 11.9 Å². The lowest BCUT2D eigenvalue weighted by molar-refractivity contribution is -0.141. The molecule has 0 aromatic carbocycles. The molecule has 1 saturated heterocycles. The van der Waals surface area contributed by atoms with Gasteiger partial charge in [-0.1, -0.05) is 6.07 Å². The molecule has 7 nitrogen and oxygen atoms in total. The zero-order valence-corrected chi connectivity index (χ0v) is 16.8. The highest BCUT2D eigenvalue weighted by molar-refractivity contribution is 5.76. The number of piperidine rings is 1. The summed E-state index contributed by atoms with van der Waals surface area (Å²) in [6.45, 7) is 4.58. The highest BCUT2D eigenvalue weighted by Gasteiger charge is 2.32. The molecule has 0 saturated carbocycles. The summed E-state index contributed by atoms with van der Waals surface area (Å²) in [5, 5.41) is 0. The Morgan fingerprint density at radius 2 is 1.93 bits per heavy atom. The first-order valence-corrected chi connectivity index (χ1v) is 9.62. The van der Waals surface area contributed by atoms with Crippen molar-refractivity contribution < 1.29 is 22.7 Å². The number of carbonyl (C=O) groups is 1. The van der Waals surface area contributed by atoms with Gasteiger partial charge >= 0.3 is 6.18 Å². The minimum Gasteiger partial charge on any atom is -0.477 e. The Hall–Kier alpha value is -2.91. The number of hydrogen-bond acceptors (Lipinski definition) is 5. The van der Waals surface area contributed by atoms with Crippen molar-refractivity contribution in [3.63, 3.8) is 0 Å². The van der Waals surface area contributed by atoms with Crippen LogP contribution in [-0.4, -0.2) is 45.0 Å². The Kier molecular flexibility index (Phi) is 6.42. The Morgan fingerprint density at radius 1 is 1.23 bits per heavy atom. The highest BCUT2D eigenvalue weighted by atomic mass is 19.4. The molecule has 0 radical (unpaired) electrons. The molecule has 1 aliphatic rings. The predicted octanol–water partition coefficient (Wildman–Crippen LogP) is 2.59. The molecule has 0 unspecified atom stereocenters. The van der Waals surface area contributed by atoms with Crippen LogP contribution in [0, 0.1) is 19.8 Å². The lowest BCUT2D eigenvalue weighted by atomic mass is 9.98. The van der Waals surface area contributed by atoms with Crippen LogP contribution < -0.4 is 10.3 Å². The Morgan fingerprint density at radius 3 is 2.60 bits per heavy atom. The van der Waals surface area contributed by atoms with Gasteiger partial charge in [0.25, 0.3) is 5.56 Å². The summed E-state index contributed by atoms with van der Waals surface area (Å²) >= 11 is 0. The summed E-state index contributed by atoms with van der Waals surface area (Å²) in [6, 6.07) is 3.55. The second-order valence-corrected chi connectivity index (χ2v) is 7.38. The Balaban J connectivity index is 1.50. The smallest absolute Gasteiger partial charge is 0.433 e. The molecule has 0 spiro atoms. The molecule has 10 heteroatoms. The van der Waals surface area contributed by atoms with Crippen LogP contribution in [0.25, 0.3) is 0 Å². The van der Waals surface area contributed by atoms with E-state index in [-0.39, 0.29) is 36.4 Å². The standard InChI is InChI=1S/C20H23F3N4O3/c1-13-14(2)24-12-27(19(13)29)10-18(28)26-8-6-15(7-9-26)11-30-17-5-3-4-16(25-17)20(21,22)23/h3-5,12,15H,6-11H2,1-2H3. The van der Waals surface area contributed by atoms with Crippen molar-refractivity contribution >= 4 is 5.91 Å². The number of amides is 1. The number of aromatic nitrogens is 3. The minimum atomic E-state index is -4.52. The zero-order valence-electron chi connectivity index (χ0n) is 16.8. The lowest BCUT2D eigenvalue weighted by Gasteiger charge is -2.32. The number of carbonyl (C=O) groups excluding carboxylic acids is 1. The van der Waals surface area contributed by atoms with Gasteiger partial charge in [-0.25, -0.2) is 9.97 Å². The van der Waals surface area contributed by atoms with Crippen LogP contribution in [0.1, 0.15) is 29.8 Å². The first-order valence-electron chi connectivity index (χ1n) is 9.62. The molecule has 0 atom stereocenters. The second kappa shape index (κ2) is 8.85. The normalized spacial score (nSPS) is 15.3. The largest absolute Gasteiger partial charge is 0.477 e. The van der Waals surface area contributed by atoms with Crippen LogP contribution in [0.3, 0.4) is 0 Å². The molecule has 30 heavy (non-hydrogen) atoms. The number of ether oxygens (including phenoxy) is 1. The maximum atomic E-state index is 12.7. The van der Waals surface area contributed by atoms with E-state index in [9.17, 15) is 22.8 Å². The van der Waals surface area contributed by atoms with Crippen molar-refractivity contribution in [2.24, 2.45) is 5.92 Å². The third kappa shape index (κ3) is 5.17. The minimum absolute atomic E-state index is 0.0649. The van der Waals surface area contributed by atoms with Crippen LogP contribution >= 0.6 is 0 Å². The number of pyridine rings is 1. The van der Waals surface area contributed by atoms with E-state index in [0.29, 0.717) is 37.2 Å². The average Bonchev–Trinajstić information content (AvgIpc) is 2.72. The van der Waals surface area contributed by atoms with Crippen molar-refractivity contribution in [3.05, 3.63) is 51.8 Å². The van der Waals surface area contributed by atoms with Gasteiger partial charge in [-0.3, -0.25) is 14.2 Å². The molecule has 2 aromatic heterocycles. The molecular weight excluding hydrogens is 401 g/mol. The van der Waals surface area contributed by atoms with Gasteiger partial charge in [0.15, 0.2) is 0 Å². The summed E-state index contributed by atoms with van der Waals surface area (Å²) in [6.07, 6.45) is -1.82. The molecule has 1 fully saturated rings. The fourth-order valence-electron chi connectivity index (χ4n) is 3.24. The maximum Gasteiger partial charge on any atom is 0.433 e. The third-order valence-electron chi connectivity index (χ3n) is 5.27. The zero-order chi connectivity index (χ0) is 21.9.